The molecule has 9 heteroatoms. The number of hydrogen-bond acceptors (Lipinski definition) is 7. The molecule has 0 fully saturated rings. The second kappa shape index (κ2) is 9.99. The van der Waals surface area contributed by atoms with Crippen molar-refractivity contribution < 1.29 is 14.2 Å². The zero-order valence-corrected chi connectivity index (χ0v) is 19.3. The summed E-state index contributed by atoms with van der Waals surface area (Å²) in [5.74, 6) is 0. The first kappa shape index (κ1) is 23.8. The summed E-state index contributed by atoms with van der Waals surface area (Å²) in [5, 5.41) is 3.91. The molecule has 0 aliphatic rings. The Morgan fingerprint density at radius 2 is 1.76 bits per heavy atom. The molecule has 2 aromatic rings. The van der Waals surface area contributed by atoms with E-state index < -0.39 is 0 Å². The van der Waals surface area contributed by atoms with Gasteiger partial charge in [-0.1, -0.05) is 20.8 Å². The molecule has 164 valence electrons. The van der Waals surface area contributed by atoms with Gasteiger partial charge in [-0.3, -0.25) is 13.9 Å². The fourth-order valence-corrected chi connectivity index (χ4v) is 4.45. The van der Waals surface area contributed by atoms with Crippen LogP contribution < -0.4 is 16.6 Å². The summed E-state index contributed by atoms with van der Waals surface area (Å²) in [6, 6.07) is 0. The first-order valence-corrected chi connectivity index (χ1v) is 10.5. The molecule has 0 aromatic carbocycles. The Balaban J connectivity index is 2.54. The summed E-state index contributed by atoms with van der Waals surface area (Å²) >= 11 is 1.47. The normalized spacial score (nSPS) is 12.4. The van der Waals surface area contributed by atoms with Crippen molar-refractivity contribution in [3.05, 3.63) is 31.3 Å². The third kappa shape index (κ3) is 5.55. The fraction of sp³-hybridized carbons (Fsp3) is 0.700. The summed E-state index contributed by atoms with van der Waals surface area (Å²) in [6.45, 7) is 10.2. The molecule has 2 aromatic heterocycles. The molecule has 0 amide bonds. The van der Waals surface area contributed by atoms with Crippen molar-refractivity contribution >= 4 is 21.6 Å². The van der Waals surface area contributed by atoms with Crippen LogP contribution in [0.15, 0.2) is 9.59 Å². The molecule has 0 aliphatic carbocycles. The van der Waals surface area contributed by atoms with Crippen molar-refractivity contribution in [2.24, 2.45) is 5.41 Å². The van der Waals surface area contributed by atoms with E-state index in [4.69, 9.17) is 14.2 Å². The predicted molar refractivity (Wildman–Crippen MR) is 116 cm³/mol. The molecule has 2 heterocycles. The summed E-state index contributed by atoms with van der Waals surface area (Å²) in [6.07, 6.45) is -0.339. The molecule has 0 unspecified atom stereocenters. The summed E-state index contributed by atoms with van der Waals surface area (Å²) in [5.41, 5.74) is 0.205. The van der Waals surface area contributed by atoms with Crippen LogP contribution in [0.25, 0.3) is 10.2 Å². The van der Waals surface area contributed by atoms with E-state index in [9.17, 15) is 9.59 Å². The van der Waals surface area contributed by atoms with Gasteiger partial charge in [-0.05, 0) is 17.9 Å². The molecule has 0 saturated heterocycles. The standard InChI is InChI=1S/C20H33N3O5S/c1-13-14(10-21-11-15(27-6)28-7)29-18-16(13)17(24)23(12-20(2,3)4)19(25)22(18)8-9-26-5/h15,21H,8-12H2,1-7H3. The average molecular weight is 428 g/mol. The molecule has 8 nitrogen and oxygen atoms in total. The second-order valence-electron chi connectivity index (χ2n) is 8.24. The highest BCUT2D eigenvalue weighted by Crippen LogP contribution is 2.28. The van der Waals surface area contributed by atoms with Crippen molar-refractivity contribution in [3.63, 3.8) is 0 Å². The first-order chi connectivity index (χ1) is 13.6. The van der Waals surface area contributed by atoms with Gasteiger partial charge >= 0.3 is 5.69 Å². The van der Waals surface area contributed by atoms with Gasteiger partial charge in [0.05, 0.1) is 18.5 Å². The Kier molecular flexibility index (Phi) is 8.18. The van der Waals surface area contributed by atoms with Gasteiger partial charge in [-0.2, -0.15) is 0 Å². The maximum absolute atomic E-state index is 13.2. The van der Waals surface area contributed by atoms with Crippen molar-refractivity contribution in [1.82, 2.24) is 14.5 Å². The molecule has 0 aliphatic heterocycles. The van der Waals surface area contributed by atoms with Gasteiger partial charge in [0.15, 0.2) is 6.29 Å². The van der Waals surface area contributed by atoms with Crippen LogP contribution in [0.1, 0.15) is 31.2 Å². The zero-order chi connectivity index (χ0) is 21.8. The van der Waals surface area contributed by atoms with Crippen molar-refractivity contribution in [3.8, 4) is 0 Å². The minimum Gasteiger partial charge on any atom is -0.383 e. The molecule has 0 spiro atoms. The predicted octanol–water partition coefficient (Wildman–Crippen LogP) is 1.93. The smallest absolute Gasteiger partial charge is 0.332 e. The highest BCUT2D eigenvalue weighted by molar-refractivity contribution is 7.18. The van der Waals surface area contributed by atoms with Crippen molar-refractivity contribution in [2.75, 3.05) is 34.5 Å². The number of thiophene rings is 1. The lowest BCUT2D eigenvalue weighted by Crippen LogP contribution is -2.42. The Morgan fingerprint density at radius 1 is 1.10 bits per heavy atom. The van der Waals surface area contributed by atoms with Gasteiger partial charge in [-0.25, -0.2) is 4.79 Å². The number of nitrogens with zero attached hydrogens (tertiary/aromatic N) is 2. The van der Waals surface area contributed by atoms with E-state index in [-0.39, 0.29) is 23.0 Å². The molecular formula is C20H33N3O5S. The van der Waals surface area contributed by atoms with Crippen LogP contribution in [0.4, 0.5) is 0 Å². The number of nitrogens with one attached hydrogen (secondary N) is 1. The third-order valence-corrected chi connectivity index (χ3v) is 5.98. The van der Waals surface area contributed by atoms with Crippen molar-refractivity contribution in [2.45, 2.75) is 53.6 Å². The number of ether oxygens (including phenoxy) is 3. The van der Waals surface area contributed by atoms with Crippen LogP contribution in [-0.2, 0) is 33.8 Å². The monoisotopic (exact) mass is 427 g/mol. The Bertz CT molecular complexity index is 935. The lowest BCUT2D eigenvalue weighted by atomic mass is 9.97. The SMILES string of the molecule is COCCn1c(=O)n(CC(C)(C)C)c(=O)c2c(C)c(CNCC(OC)OC)sc21. The highest BCUT2D eigenvalue weighted by Gasteiger charge is 2.22. The third-order valence-electron chi connectivity index (χ3n) is 4.67. The van der Waals surface area contributed by atoms with Crippen molar-refractivity contribution in [1.29, 1.82) is 0 Å². The van der Waals surface area contributed by atoms with Crippen LogP contribution >= 0.6 is 11.3 Å². The van der Waals surface area contributed by atoms with Gasteiger partial charge in [0.25, 0.3) is 5.56 Å². The number of fused-ring (bicyclic) bond motifs is 1. The average Bonchev–Trinajstić information content (AvgIpc) is 2.98. The van der Waals surface area contributed by atoms with E-state index in [1.807, 2.05) is 27.7 Å². The zero-order valence-electron chi connectivity index (χ0n) is 18.5. The van der Waals surface area contributed by atoms with E-state index >= 15 is 0 Å². The molecule has 2 rings (SSSR count). The van der Waals surface area contributed by atoms with Gasteiger partial charge < -0.3 is 19.5 Å². The van der Waals surface area contributed by atoms with E-state index in [0.29, 0.717) is 43.0 Å². The number of hydrogen-bond donors (Lipinski definition) is 1. The van der Waals surface area contributed by atoms with Gasteiger partial charge in [-0.15, -0.1) is 11.3 Å². The van der Waals surface area contributed by atoms with Gasteiger partial charge in [0.2, 0.25) is 0 Å². The van der Waals surface area contributed by atoms with Crippen LogP contribution in [-0.4, -0.2) is 49.9 Å². The molecule has 0 radical (unpaired) electrons. The summed E-state index contributed by atoms with van der Waals surface area (Å²) < 4.78 is 18.6. The van der Waals surface area contributed by atoms with Crippen LogP contribution in [0.5, 0.6) is 0 Å². The number of methoxy groups -OCH3 is 3. The number of aromatic nitrogens is 2. The molecule has 1 N–H and O–H groups in total. The maximum Gasteiger partial charge on any atom is 0.332 e. The van der Waals surface area contributed by atoms with E-state index in [2.05, 4.69) is 5.32 Å². The Morgan fingerprint density at radius 3 is 2.31 bits per heavy atom. The lowest BCUT2D eigenvalue weighted by Gasteiger charge is -2.20. The molecule has 0 atom stereocenters. The van der Waals surface area contributed by atoms with Gasteiger partial charge in [0, 0.05) is 45.8 Å². The van der Waals surface area contributed by atoms with Crippen LogP contribution in [0.3, 0.4) is 0 Å². The number of aryl methyl sites for hydroxylation is 1. The largest absolute Gasteiger partial charge is 0.383 e. The molecule has 0 saturated carbocycles. The minimum atomic E-state index is -0.339. The lowest BCUT2D eigenvalue weighted by molar-refractivity contribution is -0.0988. The van der Waals surface area contributed by atoms with Gasteiger partial charge in [0.1, 0.15) is 4.83 Å². The molecule has 0 bridgehead atoms. The summed E-state index contributed by atoms with van der Waals surface area (Å²) in [7, 11) is 4.78. The fourth-order valence-electron chi connectivity index (χ4n) is 3.17. The quantitative estimate of drug-likeness (QED) is 0.584. The topological polar surface area (TPSA) is 83.7 Å². The molecular weight excluding hydrogens is 394 g/mol. The molecule has 29 heavy (non-hydrogen) atoms. The number of rotatable bonds is 10. The van der Waals surface area contributed by atoms with E-state index in [1.165, 1.54) is 15.9 Å². The van der Waals surface area contributed by atoms with E-state index in [1.54, 1.807) is 25.9 Å². The Hall–Kier alpha value is -1.52. The van der Waals surface area contributed by atoms with Crippen LogP contribution in [0, 0.1) is 12.3 Å². The van der Waals surface area contributed by atoms with E-state index in [0.717, 1.165) is 10.4 Å². The van der Waals surface area contributed by atoms with Crippen LogP contribution in [0.2, 0.25) is 0 Å². The Labute approximate surface area is 175 Å². The highest BCUT2D eigenvalue weighted by atomic mass is 32.1. The summed E-state index contributed by atoms with van der Waals surface area (Å²) in [4.78, 5) is 28.1. The second-order valence-corrected chi connectivity index (χ2v) is 9.32. The first-order valence-electron chi connectivity index (χ1n) is 9.65. The maximum atomic E-state index is 13.2. The minimum absolute atomic E-state index is 0.195.